The lowest BCUT2D eigenvalue weighted by atomic mass is 10.2. The van der Waals surface area contributed by atoms with Crippen molar-refractivity contribution in [1.82, 2.24) is 5.32 Å². The second kappa shape index (κ2) is 10.3. The van der Waals surface area contributed by atoms with E-state index in [-0.39, 0.29) is 5.82 Å². The zero-order chi connectivity index (χ0) is 21.6. The molecule has 9 heteroatoms. The quantitative estimate of drug-likeness (QED) is 0.577. The number of nitrogens with zero attached hydrogens (tertiary/aromatic N) is 1. The first kappa shape index (κ1) is 23.5. The van der Waals surface area contributed by atoms with Gasteiger partial charge < -0.3 is 5.32 Å². The Kier molecular flexibility index (Phi) is 8.36. The lowest BCUT2D eigenvalue weighted by Crippen LogP contribution is -2.48. The number of anilines is 1. The largest absolute Gasteiger partial charge is 0.353 e. The highest BCUT2D eigenvalue weighted by Gasteiger charge is 2.28. The molecular formula is C20H24ClFN2O3S2. The van der Waals surface area contributed by atoms with Crippen LogP contribution in [0.2, 0.25) is 5.02 Å². The number of aryl methyl sites for hydroxylation is 1. The molecule has 29 heavy (non-hydrogen) atoms. The Hall–Kier alpha value is -1.77. The monoisotopic (exact) mass is 458 g/mol. The maximum atomic E-state index is 13.8. The summed E-state index contributed by atoms with van der Waals surface area (Å²) in [6, 6.07) is 10.6. The van der Waals surface area contributed by atoms with Crippen molar-refractivity contribution in [2.24, 2.45) is 0 Å². The van der Waals surface area contributed by atoms with Crippen molar-refractivity contribution in [3.63, 3.8) is 0 Å². The van der Waals surface area contributed by atoms with E-state index in [2.05, 4.69) is 5.32 Å². The van der Waals surface area contributed by atoms with E-state index in [4.69, 9.17) is 11.6 Å². The summed E-state index contributed by atoms with van der Waals surface area (Å²) in [5, 5.41) is 3.11. The van der Waals surface area contributed by atoms with Crippen LogP contribution in [0.3, 0.4) is 0 Å². The van der Waals surface area contributed by atoms with Crippen LogP contribution in [0.5, 0.6) is 0 Å². The van der Waals surface area contributed by atoms with Gasteiger partial charge in [0, 0.05) is 28.6 Å². The summed E-state index contributed by atoms with van der Waals surface area (Å²) in [4.78, 5) is 12.5. The van der Waals surface area contributed by atoms with Crippen LogP contribution >= 0.6 is 23.4 Å². The van der Waals surface area contributed by atoms with E-state index < -0.39 is 22.0 Å². The molecule has 0 heterocycles. The maximum absolute atomic E-state index is 13.8. The molecule has 2 aromatic carbocycles. The van der Waals surface area contributed by atoms with E-state index in [1.54, 1.807) is 43.3 Å². The second-order valence-electron chi connectivity index (χ2n) is 6.61. The number of carbonyl (C=O) groups is 1. The highest BCUT2D eigenvalue weighted by Crippen LogP contribution is 2.24. The Balaban J connectivity index is 1.92. The van der Waals surface area contributed by atoms with Gasteiger partial charge in [-0.1, -0.05) is 35.4 Å². The Morgan fingerprint density at radius 1 is 1.24 bits per heavy atom. The molecule has 2 rings (SSSR count). The molecule has 1 N–H and O–H groups in total. The molecule has 0 radical (unpaired) electrons. The van der Waals surface area contributed by atoms with Gasteiger partial charge in [0.05, 0.1) is 11.9 Å². The SMILES string of the molecule is Cc1ccc(N([C@H](C)C(=O)NCCSCc2c(F)cccc2Cl)S(C)(=O)=O)cc1. The van der Waals surface area contributed by atoms with Gasteiger partial charge >= 0.3 is 0 Å². The van der Waals surface area contributed by atoms with Crippen LogP contribution in [0.4, 0.5) is 10.1 Å². The van der Waals surface area contributed by atoms with Crippen LogP contribution < -0.4 is 9.62 Å². The summed E-state index contributed by atoms with van der Waals surface area (Å²) >= 11 is 7.42. The lowest BCUT2D eigenvalue weighted by Gasteiger charge is -2.28. The van der Waals surface area contributed by atoms with E-state index in [1.807, 2.05) is 6.92 Å². The standard InChI is InChI=1S/C20H24ClFN2O3S2/c1-14-7-9-16(10-8-14)24(29(3,26)27)15(2)20(25)23-11-12-28-13-17-18(21)5-4-6-19(17)22/h4-10,15H,11-13H2,1-3H3,(H,23,25)/t15-/m1/s1. The Morgan fingerprint density at radius 2 is 1.90 bits per heavy atom. The van der Waals surface area contributed by atoms with Crippen molar-refractivity contribution < 1.29 is 17.6 Å². The fraction of sp³-hybridized carbons (Fsp3) is 0.350. The third-order valence-electron chi connectivity index (χ3n) is 4.23. The van der Waals surface area contributed by atoms with Gasteiger partial charge in [0.2, 0.25) is 15.9 Å². The maximum Gasteiger partial charge on any atom is 0.243 e. The van der Waals surface area contributed by atoms with Crippen LogP contribution in [0.25, 0.3) is 0 Å². The van der Waals surface area contributed by atoms with Crippen molar-refractivity contribution >= 4 is 45.0 Å². The molecule has 5 nitrogen and oxygen atoms in total. The molecule has 158 valence electrons. The molecule has 0 aromatic heterocycles. The van der Waals surface area contributed by atoms with Crippen LogP contribution in [-0.4, -0.2) is 38.9 Å². The Bertz CT molecular complexity index is 932. The summed E-state index contributed by atoms with van der Waals surface area (Å²) in [5.74, 6) is 0.160. The number of amides is 1. The molecule has 2 aromatic rings. The predicted molar refractivity (Wildman–Crippen MR) is 119 cm³/mol. The van der Waals surface area contributed by atoms with E-state index in [9.17, 15) is 17.6 Å². The molecule has 0 aliphatic rings. The number of thioether (sulfide) groups is 1. The van der Waals surface area contributed by atoms with Gasteiger partial charge in [-0.25, -0.2) is 12.8 Å². The molecule has 0 bridgehead atoms. The molecular weight excluding hydrogens is 435 g/mol. The second-order valence-corrected chi connectivity index (χ2v) is 9.99. The van der Waals surface area contributed by atoms with Gasteiger partial charge in [-0.2, -0.15) is 11.8 Å². The van der Waals surface area contributed by atoms with Crippen molar-refractivity contribution in [3.05, 3.63) is 64.4 Å². The number of sulfonamides is 1. The molecule has 0 aliphatic carbocycles. The lowest BCUT2D eigenvalue weighted by molar-refractivity contribution is -0.121. The van der Waals surface area contributed by atoms with Crippen molar-refractivity contribution in [2.45, 2.75) is 25.6 Å². The highest BCUT2D eigenvalue weighted by atomic mass is 35.5. The first-order valence-electron chi connectivity index (χ1n) is 8.95. The molecule has 0 spiro atoms. The fourth-order valence-corrected chi connectivity index (χ4v) is 5.11. The molecule has 0 saturated carbocycles. The zero-order valence-corrected chi connectivity index (χ0v) is 18.9. The number of hydrogen-bond acceptors (Lipinski definition) is 4. The summed E-state index contributed by atoms with van der Waals surface area (Å²) < 4.78 is 39.4. The van der Waals surface area contributed by atoms with E-state index in [1.165, 1.54) is 17.8 Å². The summed E-state index contributed by atoms with van der Waals surface area (Å²) in [6.07, 6.45) is 1.07. The van der Waals surface area contributed by atoms with Gasteiger partial charge in [-0.15, -0.1) is 0 Å². The average Bonchev–Trinajstić information content (AvgIpc) is 2.64. The number of benzene rings is 2. The average molecular weight is 459 g/mol. The summed E-state index contributed by atoms with van der Waals surface area (Å²) in [6.45, 7) is 3.77. The Morgan fingerprint density at radius 3 is 2.48 bits per heavy atom. The van der Waals surface area contributed by atoms with E-state index >= 15 is 0 Å². The number of halogens is 2. The molecule has 0 aliphatic heterocycles. The van der Waals surface area contributed by atoms with Crippen molar-refractivity contribution in [1.29, 1.82) is 0 Å². The Labute approximate surface area is 180 Å². The molecule has 0 saturated heterocycles. The van der Waals surface area contributed by atoms with Gasteiger partial charge in [-0.05, 0) is 38.1 Å². The van der Waals surface area contributed by atoms with E-state index in [0.717, 1.165) is 16.1 Å². The third kappa shape index (κ3) is 6.62. The summed E-state index contributed by atoms with van der Waals surface area (Å²) in [5.41, 5.74) is 1.86. The fourth-order valence-electron chi connectivity index (χ4n) is 2.74. The normalized spacial score (nSPS) is 12.4. The van der Waals surface area contributed by atoms with Gasteiger partial charge in [0.15, 0.2) is 0 Å². The zero-order valence-electron chi connectivity index (χ0n) is 16.5. The third-order valence-corrected chi connectivity index (χ3v) is 6.81. The number of nitrogens with one attached hydrogen (secondary N) is 1. The van der Waals surface area contributed by atoms with Gasteiger partial charge in [-0.3, -0.25) is 9.10 Å². The van der Waals surface area contributed by atoms with Crippen LogP contribution in [0, 0.1) is 12.7 Å². The number of carbonyl (C=O) groups excluding carboxylic acids is 1. The number of hydrogen-bond donors (Lipinski definition) is 1. The molecule has 1 amide bonds. The number of rotatable bonds is 9. The van der Waals surface area contributed by atoms with E-state index in [0.29, 0.717) is 34.3 Å². The summed E-state index contributed by atoms with van der Waals surface area (Å²) in [7, 11) is -3.64. The highest BCUT2D eigenvalue weighted by molar-refractivity contribution is 7.98. The molecule has 0 unspecified atom stereocenters. The minimum absolute atomic E-state index is 0.325. The smallest absolute Gasteiger partial charge is 0.243 e. The molecule has 0 fully saturated rings. The van der Waals surface area contributed by atoms with Gasteiger partial charge in [0.1, 0.15) is 11.9 Å². The minimum Gasteiger partial charge on any atom is -0.353 e. The minimum atomic E-state index is -3.64. The van der Waals surface area contributed by atoms with Gasteiger partial charge in [0.25, 0.3) is 0 Å². The first-order valence-corrected chi connectivity index (χ1v) is 12.3. The van der Waals surface area contributed by atoms with Crippen LogP contribution in [0.15, 0.2) is 42.5 Å². The molecule has 1 atom stereocenters. The predicted octanol–water partition coefficient (Wildman–Crippen LogP) is 3.99. The first-order chi connectivity index (χ1) is 13.6. The topological polar surface area (TPSA) is 66.5 Å². The van der Waals surface area contributed by atoms with Crippen molar-refractivity contribution in [2.75, 3.05) is 22.9 Å². The van der Waals surface area contributed by atoms with Crippen LogP contribution in [0.1, 0.15) is 18.1 Å². The van der Waals surface area contributed by atoms with Crippen LogP contribution in [-0.2, 0) is 20.6 Å². The van der Waals surface area contributed by atoms with Crippen molar-refractivity contribution in [3.8, 4) is 0 Å².